The highest BCUT2D eigenvalue weighted by Crippen LogP contribution is 2.42. The summed E-state index contributed by atoms with van der Waals surface area (Å²) < 4.78 is 5.35. The highest BCUT2D eigenvalue weighted by atomic mass is 35.5. The molecule has 0 aliphatic carbocycles. The number of aryl methyl sites for hydroxylation is 1. The van der Waals surface area contributed by atoms with E-state index in [0.29, 0.717) is 16.9 Å². The van der Waals surface area contributed by atoms with E-state index in [1.165, 1.54) is 5.56 Å². The lowest BCUT2D eigenvalue weighted by Gasteiger charge is -2.22. The van der Waals surface area contributed by atoms with Crippen molar-refractivity contribution in [2.24, 2.45) is 0 Å². The number of aromatic nitrogens is 2. The second-order valence-electron chi connectivity index (χ2n) is 5.45. The van der Waals surface area contributed by atoms with Crippen LogP contribution in [0.25, 0.3) is 0 Å². The van der Waals surface area contributed by atoms with Gasteiger partial charge < -0.3 is 9.64 Å². The van der Waals surface area contributed by atoms with Crippen molar-refractivity contribution < 1.29 is 4.74 Å². The zero-order valence-electron chi connectivity index (χ0n) is 12.6. The summed E-state index contributed by atoms with van der Waals surface area (Å²) in [5.41, 5.74) is 3.38. The summed E-state index contributed by atoms with van der Waals surface area (Å²) in [6.45, 7) is 4.06. The first-order valence-electron chi connectivity index (χ1n) is 6.96. The molecule has 110 valence electrons. The number of hydrogen-bond donors (Lipinski definition) is 0. The van der Waals surface area contributed by atoms with Crippen LogP contribution in [0.3, 0.4) is 0 Å². The van der Waals surface area contributed by atoms with Gasteiger partial charge in [0.15, 0.2) is 0 Å². The van der Waals surface area contributed by atoms with Gasteiger partial charge in [0.05, 0.1) is 7.11 Å². The minimum Gasteiger partial charge on any atom is -0.497 e. The largest absolute Gasteiger partial charge is 0.497 e. The van der Waals surface area contributed by atoms with E-state index in [1.54, 1.807) is 7.11 Å². The maximum atomic E-state index is 6.35. The molecule has 0 fully saturated rings. The summed E-state index contributed by atoms with van der Waals surface area (Å²) in [7, 11) is 3.71. The molecule has 0 radical (unpaired) electrons. The van der Waals surface area contributed by atoms with Crippen molar-refractivity contribution in [1.82, 2.24) is 9.97 Å². The van der Waals surface area contributed by atoms with E-state index < -0.39 is 0 Å². The molecule has 0 amide bonds. The van der Waals surface area contributed by atoms with Gasteiger partial charge in [-0.3, -0.25) is 0 Å². The Morgan fingerprint density at radius 3 is 2.81 bits per heavy atom. The standard InChI is InChI=1S/C16H18ClN3O/c1-9-7-13-15(17)18-10(2)19-16(13)20(3)14-6-5-11(21-4)8-12(9)14/h5-6,8-9H,7H2,1-4H3. The number of halogens is 1. The zero-order chi connectivity index (χ0) is 15.1. The molecule has 3 rings (SSSR count). The average Bonchev–Trinajstić information content (AvgIpc) is 2.57. The van der Waals surface area contributed by atoms with E-state index in [0.717, 1.165) is 29.2 Å². The Morgan fingerprint density at radius 1 is 1.33 bits per heavy atom. The van der Waals surface area contributed by atoms with Crippen molar-refractivity contribution in [1.29, 1.82) is 0 Å². The summed E-state index contributed by atoms with van der Waals surface area (Å²) >= 11 is 6.35. The number of nitrogens with zero attached hydrogens (tertiary/aromatic N) is 3. The van der Waals surface area contributed by atoms with Crippen LogP contribution in [0.1, 0.15) is 29.8 Å². The summed E-state index contributed by atoms with van der Waals surface area (Å²) in [6, 6.07) is 6.14. The van der Waals surface area contributed by atoms with Gasteiger partial charge >= 0.3 is 0 Å². The fourth-order valence-electron chi connectivity index (χ4n) is 2.89. The van der Waals surface area contributed by atoms with Crippen LogP contribution < -0.4 is 9.64 Å². The molecule has 4 nitrogen and oxygen atoms in total. The number of methoxy groups -OCH3 is 1. The molecule has 5 heteroatoms. The van der Waals surface area contributed by atoms with Crippen LogP contribution in [0.4, 0.5) is 11.5 Å². The molecule has 1 atom stereocenters. The Labute approximate surface area is 129 Å². The van der Waals surface area contributed by atoms with Crippen molar-refractivity contribution in [2.75, 3.05) is 19.1 Å². The average molecular weight is 304 g/mol. The first-order valence-corrected chi connectivity index (χ1v) is 7.33. The minimum absolute atomic E-state index is 0.322. The van der Waals surface area contributed by atoms with E-state index in [4.69, 9.17) is 16.3 Å². The van der Waals surface area contributed by atoms with Gasteiger partial charge in [-0.15, -0.1) is 0 Å². The van der Waals surface area contributed by atoms with Crippen molar-refractivity contribution in [3.05, 3.63) is 40.3 Å². The maximum absolute atomic E-state index is 6.35. The molecule has 2 aromatic rings. The number of fused-ring (bicyclic) bond motifs is 2. The lowest BCUT2D eigenvalue weighted by molar-refractivity contribution is 0.414. The quantitative estimate of drug-likeness (QED) is 0.750. The molecule has 0 spiro atoms. The monoisotopic (exact) mass is 303 g/mol. The molecule has 1 aromatic carbocycles. The molecule has 1 unspecified atom stereocenters. The van der Waals surface area contributed by atoms with Gasteiger partial charge in [0.2, 0.25) is 0 Å². The Hall–Kier alpha value is -1.81. The lowest BCUT2D eigenvalue weighted by Crippen LogP contribution is -2.14. The highest BCUT2D eigenvalue weighted by Gasteiger charge is 2.26. The molecule has 2 heterocycles. The first-order chi connectivity index (χ1) is 10.0. The zero-order valence-corrected chi connectivity index (χ0v) is 13.4. The van der Waals surface area contributed by atoms with E-state index in [9.17, 15) is 0 Å². The molecule has 0 bridgehead atoms. The van der Waals surface area contributed by atoms with Crippen LogP contribution in [-0.2, 0) is 6.42 Å². The summed E-state index contributed by atoms with van der Waals surface area (Å²) in [5.74, 6) is 2.77. The molecule has 0 saturated heterocycles. The smallest absolute Gasteiger partial charge is 0.141 e. The Kier molecular flexibility index (Phi) is 3.49. The third kappa shape index (κ3) is 2.33. The van der Waals surface area contributed by atoms with Crippen molar-refractivity contribution in [2.45, 2.75) is 26.2 Å². The van der Waals surface area contributed by atoms with Crippen LogP contribution in [0.2, 0.25) is 5.15 Å². The number of benzene rings is 1. The summed E-state index contributed by atoms with van der Waals surface area (Å²) in [6.07, 6.45) is 0.818. The van der Waals surface area contributed by atoms with E-state index in [2.05, 4.69) is 33.9 Å². The van der Waals surface area contributed by atoms with Gasteiger partial charge in [-0.05, 0) is 43.0 Å². The molecule has 0 saturated carbocycles. The summed E-state index contributed by atoms with van der Waals surface area (Å²) in [5, 5.41) is 0.552. The molecule has 1 aromatic heterocycles. The predicted molar refractivity (Wildman–Crippen MR) is 85.0 cm³/mol. The van der Waals surface area contributed by atoms with Gasteiger partial charge in [-0.1, -0.05) is 18.5 Å². The van der Waals surface area contributed by atoms with Gasteiger partial charge in [-0.2, -0.15) is 0 Å². The number of anilines is 2. The third-order valence-corrected chi connectivity index (χ3v) is 4.31. The van der Waals surface area contributed by atoms with E-state index in [1.807, 2.05) is 20.0 Å². The Balaban J connectivity index is 2.22. The fraction of sp³-hybridized carbons (Fsp3) is 0.375. The highest BCUT2D eigenvalue weighted by molar-refractivity contribution is 6.30. The fourth-order valence-corrected chi connectivity index (χ4v) is 3.17. The predicted octanol–water partition coefficient (Wildman–Crippen LogP) is 3.87. The van der Waals surface area contributed by atoms with Crippen molar-refractivity contribution in [3.63, 3.8) is 0 Å². The molecule has 1 aliphatic rings. The van der Waals surface area contributed by atoms with Crippen LogP contribution >= 0.6 is 11.6 Å². The second kappa shape index (κ2) is 5.19. The van der Waals surface area contributed by atoms with Crippen molar-refractivity contribution in [3.8, 4) is 5.75 Å². The van der Waals surface area contributed by atoms with Crippen LogP contribution in [-0.4, -0.2) is 24.1 Å². The van der Waals surface area contributed by atoms with Crippen molar-refractivity contribution >= 4 is 23.1 Å². The molecule has 21 heavy (non-hydrogen) atoms. The Bertz CT molecular complexity index is 702. The van der Waals surface area contributed by atoms with Crippen LogP contribution in [0.15, 0.2) is 18.2 Å². The molecular weight excluding hydrogens is 286 g/mol. The summed E-state index contributed by atoms with van der Waals surface area (Å²) in [4.78, 5) is 11.0. The molecule has 1 aliphatic heterocycles. The minimum atomic E-state index is 0.322. The van der Waals surface area contributed by atoms with E-state index in [-0.39, 0.29) is 0 Å². The van der Waals surface area contributed by atoms with Gasteiger partial charge in [-0.25, -0.2) is 9.97 Å². The number of rotatable bonds is 1. The third-order valence-electron chi connectivity index (χ3n) is 4.00. The number of ether oxygens (including phenoxy) is 1. The second-order valence-corrected chi connectivity index (χ2v) is 5.81. The lowest BCUT2D eigenvalue weighted by atomic mass is 9.94. The SMILES string of the molecule is COc1ccc2c(c1)C(C)Cc1c(Cl)nc(C)nc1N2C. The molecular formula is C16H18ClN3O. The Morgan fingerprint density at radius 2 is 2.10 bits per heavy atom. The van der Waals surface area contributed by atoms with Gasteiger partial charge in [0.25, 0.3) is 0 Å². The van der Waals surface area contributed by atoms with Crippen LogP contribution in [0.5, 0.6) is 5.75 Å². The maximum Gasteiger partial charge on any atom is 0.141 e. The first kappa shape index (κ1) is 14.1. The topological polar surface area (TPSA) is 38.3 Å². The number of hydrogen-bond acceptors (Lipinski definition) is 4. The van der Waals surface area contributed by atoms with Gasteiger partial charge in [0.1, 0.15) is 22.5 Å². The van der Waals surface area contributed by atoms with Gasteiger partial charge in [0, 0.05) is 18.3 Å². The van der Waals surface area contributed by atoms with Crippen LogP contribution in [0, 0.1) is 6.92 Å². The normalized spacial score (nSPS) is 17.0. The van der Waals surface area contributed by atoms with E-state index >= 15 is 0 Å². The molecule has 0 N–H and O–H groups in total.